The average Bonchev–Trinajstić information content (AvgIpc) is 3.35. The van der Waals surface area contributed by atoms with Gasteiger partial charge in [0, 0.05) is 12.8 Å². The fourth-order valence-electron chi connectivity index (χ4n) is 8.71. The number of nitrogens with zero attached hydrogens (tertiary/aromatic N) is 1. The van der Waals surface area contributed by atoms with Crippen molar-refractivity contribution in [1.82, 2.24) is 5.32 Å². The number of carbonyl (C=O) groups is 2. The Kier molecular flexibility index (Phi) is 51.5. The molecule has 0 saturated heterocycles. The Morgan fingerprint density at radius 2 is 0.877 bits per heavy atom. The van der Waals surface area contributed by atoms with E-state index in [1.54, 1.807) is 0 Å². The molecule has 0 bridgehead atoms. The van der Waals surface area contributed by atoms with Crippen molar-refractivity contribution in [2.24, 2.45) is 0 Å². The summed E-state index contributed by atoms with van der Waals surface area (Å²) in [6.07, 6.45) is 66.1. The monoisotopic (exact) mass is 1040 g/mol. The highest BCUT2D eigenvalue weighted by Gasteiger charge is 2.27. The third-order valence-electron chi connectivity index (χ3n) is 13.4. The van der Waals surface area contributed by atoms with Gasteiger partial charge in [-0.3, -0.25) is 14.2 Å². The summed E-state index contributed by atoms with van der Waals surface area (Å²) >= 11 is 0. The first kappa shape index (κ1) is 70.7. The topological polar surface area (TPSA) is 114 Å². The minimum atomic E-state index is -4.70. The molecule has 0 aromatic rings. The first-order chi connectivity index (χ1) is 35.4. The van der Waals surface area contributed by atoms with E-state index in [-0.39, 0.29) is 24.9 Å². The van der Waals surface area contributed by atoms with Crippen molar-refractivity contribution in [3.05, 3.63) is 60.8 Å². The number of esters is 1. The summed E-state index contributed by atoms with van der Waals surface area (Å²) in [4.78, 5) is 39.9. The Labute approximate surface area is 451 Å². The van der Waals surface area contributed by atoms with E-state index in [1.165, 1.54) is 141 Å². The van der Waals surface area contributed by atoms with Crippen molar-refractivity contribution in [3.63, 3.8) is 0 Å². The highest BCUT2D eigenvalue weighted by molar-refractivity contribution is 7.45. The number of likely N-dealkylation sites (N-methyl/N-ethyl adjacent to an activating group) is 1. The van der Waals surface area contributed by atoms with Crippen LogP contribution >= 0.6 is 7.82 Å². The zero-order valence-electron chi connectivity index (χ0n) is 48.6. The average molecular weight is 1050 g/mol. The van der Waals surface area contributed by atoms with Gasteiger partial charge in [0.25, 0.3) is 7.82 Å². The number of ether oxygens (including phenoxy) is 1. The van der Waals surface area contributed by atoms with Gasteiger partial charge in [0.2, 0.25) is 5.91 Å². The largest absolute Gasteiger partial charge is 0.756 e. The number of rotatable bonds is 55. The van der Waals surface area contributed by atoms with Crippen LogP contribution in [0, 0.1) is 0 Å². The molecule has 0 fully saturated rings. The van der Waals surface area contributed by atoms with Gasteiger partial charge in [-0.1, -0.05) is 236 Å². The minimum Gasteiger partial charge on any atom is -0.756 e. The molecular weight excluding hydrogens is 928 g/mol. The molecule has 0 aromatic carbocycles. The Balaban J connectivity index is 5.28. The van der Waals surface area contributed by atoms with E-state index >= 15 is 0 Å². The lowest BCUT2D eigenvalue weighted by atomic mass is 10.0. The SMILES string of the molecule is CC/C=C/C/C=C/C/C=C/CCCCCCCCC(=O)NC(COP(=O)([O-])OCC[N+](C)(C)C)C(/C=C/CCCCCCCCCCCC)OC(=O)CCCCCCCCCCC/C=C/CCCCCCCC. The highest BCUT2D eigenvalue weighted by Crippen LogP contribution is 2.38. The van der Waals surface area contributed by atoms with Gasteiger partial charge in [0.1, 0.15) is 19.3 Å². The zero-order valence-corrected chi connectivity index (χ0v) is 49.5. The molecular formula is C63H117N2O7P. The molecule has 0 rings (SSSR count). The molecule has 0 aromatic heterocycles. The van der Waals surface area contributed by atoms with Crippen LogP contribution in [0.1, 0.15) is 278 Å². The molecule has 0 radical (unpaired) electrons. The van der Waals surface area contributed by atoms with Crippen LogP contribution in [0.4, 0.5) is 0 Å². The molecule has 3 atom stereocenters. The van der Waals surface area contributed by atoms with Crippen LogP contribution in [0.2, 0.25) is 0 Å². The smallest absolute Gasteiger partial charge is 0.306 e. The molecule has 426 valence electrons. The van der Waals surface area contributed by atoms with Crippen LogP contribution in [0.3, 0.4) is 0 Å². The van der Waals surface area contributed by atoms with E-state index < -0.39 is 26.6 Å². The normalized spacial score (nSPS) is 14.1. The Bertz CT molecular complexity index is 1440. The molecule has 0 saturated carbocycles. The summed E-state index contributed by atoms with van der Waals surface area (Å²) in [5, 5.41) is 3.02. The van der Waals surface area contributed by atoms with Gasteiger partial charge in [-0.2, -0.15) is 0 Å². The molecule has 3 unspecified atom stereocenters. The lowest BCUT2D eigenvalue weighted by Crippen LogP contribution is -2.47. The van der Waals surface area contributed by atoms with Gasteiger partial charge in [-0.25, -0.2) is 0 Å². The second-order valence-corrected chi connectivity index (χ2v) is 23.2. The Morgan fingerprint density at radius 3 is 1.33 bits per heavy atom. The first-order valence-corrected chi connectivity index (χ1v) is 32.1. The van der Waals surface area contributed by atoms with Crippen LogP contribution in [-0.4, -0.2) is 69.4 Å². The predicted molar refractivity (Wildman–Crippen MR) is 312 cm³/mol. The second kappa shape index (κ2) is 53.1. The summed E-state index contributed by atoms with van der Waals surface area (Å²) in [6.45, 7) is 6.73. The molecule has 0 spiro atoms. The maximum absolute atomic E-state index is 13.5. The number of unbranched alkanes of at least 4 members (excludes halogenated alkanes) is 31. The lowest BCUT2D eigenvalue weighted by Gasteiger charge is -2.30. The number of hydrogen-bond acceptors (Lipinski definition) is 7. The molecule has 9 nitrogen and oxygen atoms in total. The number of phosphoric ester groups is 1. The fourth-order valence-corrected chi connectivity index (χ4v) is 9.43. The number of amides is 1. The number of allylic oxidation sites excluding steroid dienone is 9. The van der Waals surface area contributed by atoms with E-state index in [0.717, 1.165) is 103 Å². The molecule has 0 heterocycles. The number of carbonyl (C=O) groups excluding carboxylic acids is 2. The predicted octanol–water partition coefficient (Wildman–Crippen LogP) is 18.0. The summed E-state index contributed by atoms with van der Waals surface area (Å²) < 4.78 is 30.3. The van der Waals surface area contributed by atoms with Crippen LogP contribution in [0.5, 0.6) is 0 Å². The number of hydrogen-bond donors (Lipinski definition) is 1. The quantitative estimate of drug-likeness (QED) is 0.0212. The van der Waals surface area contributed by atoms with Crippen molar-refractivity contribution in [2.45, 2.75) is 290 Å². The summed E-state index contributed by atoms with van der Waals surface area (Å²) in [5.74, 6) is -0.554. The summed E-state index contributed by atoms with van der Waals surface area (Å²) in [6, 6.07) is -0.896. The maximum atomic E-state index is 13.5. The Hall–Kier alpha value is -2.29. The Morgan fingerprint density at radius 1 is 0.493 bits per heavy atom. The first-order valence-electron chi connectivity index (χ1n) is 30.6. The molecule has 10 heteroatoms. The van der Waals surface area contributed by atoms with Crippen molar-refractivity contribution in [2.75, 3.05) is 40.9 Å². The van der Waals surface area contributed by atoms with Gasteiger partial charge in [0.15, 0.2) is 0 Å². The summed E-state index contributed by atoms with van der Waals surface area (Å²) in [7, 11) is 1.17. The van der Waals surface area contributed by atoms with Crippen LogP contribution < -0.4 is 10.2 Å². The van der Waals surface area contributed by atoms with Gasteiger partial charge in [0.05, 0.1) is 33.8 Å². The standard InChI is InChI=1S/C63H117N2O7P/c1-7-10-13-16-19-22-25-28-30-32-33-34-36-38-41-44-47-50-53-56-63(67)72-61(54-51-48-45-42-39-27-24-21-18-15-12-9-3)60(59-71-73(68,69)70-58-57-65(4,5)6)64-62(66)55-52-49-46-43-40-37-35-31-29-26-23-20-17-14-11-8-2/h11,14,20,23,28-31,51,54,60-61H,7-10,12-13,15-19,21-22,24-27,32-50,52-53,55-59H2,1-6H3,(H-,64,66,68,69)/b14-11+,23-20+,30-28+,31-29+,54-51+. The third-order valence-corrected chi connectivity index (χ3v) is 14.4. The van der Waals surface area contributed by atoms with E-state index in [2.05, 4.69) is 74.7 Å². The fraction of sp³-hybridized carbons (Fsp3) is 0.810. The van der Waals surface area contributed by atoms with Crippen LogP contribution in [0.15, 0.2) is 60.8 Å². The minimum absolute atomic E-state index is 0.0263. The van der Waals surface area contributed by atoms with Gasteiger partial charge < -0.3 is 28.5 Å². The maximum Gasteiger partial charge on any atom is 0.306 e. The molecule has 1 N–H and O–H groups in total. The van der Waals surface area contributed by atoms with E-state index in [0.29, 0.717) is 17.4 Å². The van der Waals surface area contributed by atoms with Gasteiger partial charge >= 0.3 is 5.97 Å². The summed E-state index contributed by atoms with van der Waals surface area (Å²) in [5.41, 5.74) is 0. The van der Waals surface area contributed by atoms with Gasteiger partial charge in [-0.05, 0) is 89.5 Å². The molecule has 1 amide bonds. The molecule has 0 aliphatic rings. The van der Waals surface area contributed by atoms with Crippen LogP contribution in [-0.2, 0) is 27.9 Å². The van der Waals surface area contributed by atoms with Crippen LogP contribution in [0.25, 0.3) is 0 Å². The third kappa shape index (κ3) is 54.3. The van der Waals surface area contributed by atoms with E-state index in [4.69, 9.17) is 13.8 Å². The van der Waals surface area contributed by atoms with Crippen molar-refractivity contribution >= 4 is 19.7 Å². The second-order valence-electron chi connectivity index (χ2n) is 21.8. The number of phosphoric acid groups is 1. The number of nitrogens with one attached hydrogen (secondary N) is 1. The van der Waals surface area contributed by atoms with E-state index in [1.807, 2.05) is 33.3 Å². The van der Waals surface area contributed by atoms with Crippen molar-refractivity contribution in [3.8, 4) is 0 Å². The van der Waals surface area contributed by atoms with Gasteiger partial charge in [-0.15, -0.1) is 0 Å². The zero-order chi connectivity index (χ0) is 53.6. The van der Waals surface area contributed by atoms with Crippen molar-refractivity contribution in [1.29, 1.82) is 0 Å². The number of quaternary nitrogens is 1. The van der Waals surface area contributed by atoms with E-state index in [9.17, 15) is 19.0 Å². The highest BCUT2D eigenvalue weighted by atomic mass is 31.2. The molecule has 0 aliphatic carbocycles. The van der Waals surface area contributed by atoms with Crippen molar-refractivity contribution < 1.29 is 37.3 Å². The molecule has 0 aliphatic heterocycles. The molecule has 73 heavy (non-hydrogen) atoms. The lowest BCUT2D eigenvalue weighted by molar-refractivity contribution is -0.870.